The van der Waals surface area contributed by atoms with Gasteiger partial charge < -0.3 is 15.8 Å². The number of carboxylic acid groups (broad SMARTS) is 1. The van der Waals surface area contributed by atoms with Crippen molar-refractivity contribution >= 4 is 37.8 Å². The number of halogens is 2. The number of alkyl halides is 2. The van der Waals surface area contributed by atoms with Crippen LogP contribution in [0.3, 0.4) is 0 Å². The first-order valence-corrected chi connectivity index (χ1v) is 6.24. The van der Waals surface area contributed by atoms with Gasteiger partial charge in [0, 0.05) is 23.6 Å². The predicted molar refractivity (Wildman–Crippen MR) is 63.4 cm³/mol. The zero-order valence-electron chi connectivity index (χ0n) is 7.78. The van der Waals surface area contributed by atoms with E-state index in [-0.39, 0.29) is 11.2 Å². The Kier molecular flexibility index (Phi) is 4.30. The minimum Gasteiger partial charge on any atom is -0.480 e. The van der Waals surface area contributed by atoms with Gasteiger partial charge in [-0.25, -0.2) is 4.98 Å². The molecule has 0 radical (unpaired) electrons. The number of nitrogens with two attached hydrogens (primary N) is 1. The molecule has 0 fully saturated rings. The van der Waals surface area contributed by atoms with E-state index < -0.39 is 11.5 Å². The van der Waals surface area contributed by atoms with Gasteiger partial charge in [0.15, 0.2) is 0 Å². The fourth-order valence-electron chi connectivity index (χ4n) is 1.15. The van der Waals surface area contributed by atoms with Crippen LogP contribution in [-0.4, -0.2) is 36.7 Å². The van der Waals surface area contributed by atoms with Crippen LogP contribution in [0.4, 0.5) is 0 Å². The fraction of sp³-hybridized carbons (Fsp3) is 0.500. The van der Waals surface area contributed by atoms with Crippen LogP contribution < -0.4 is 5.73 Å². The van der Waals surface area contributed by atoms with Crippen molar-refractivity contribution in [2.75, 3.05) is 5.33 Å². The number of imidazole rings is 1. The van der Waals surface area contributed by atoms with Crippen molar-refractivity contribution < 1.29 is 9.90 Å². The van der Waals surface area contributed by atoms with Gasteiger partial charge in [-0.3, -0.25) is 4.79 Å². The van der Waals surface area contributed by atoms with E-state index in [0.717, 1.165) is 0 Å². The largest absolute Gasteiger partial charge is 0.480 e. The second kappa shape index (κ2) is 5.09. The molecule has 0 aliphatic carbocycles. The molecular weight excluding hydrogens is 330 g/mol. The van der Waals surface area contributed by atoms with Crippen LogP contribution >= 0.6 is 31.9 Å². The zero-order valence-corrected chi connectivity index (χ0v) is 11.0. The lowest BCUT2D eigenvalue weighted by molar-refractivity contribution is -0.143. The summed E-state index contributed by atoms with van der Waals surface area (Å²) in [7, 11) is 0. The quantitative estimate of drug-likeness (QED) is 0.694. The number of H-pyrrole nitrogens is 1. The van der Waals surface area contributed by atoms with Crippen LogP contribution in [0.15, 0.2) is 12.5 Å². The molecule has 5 nitrogen and oxygen atoms in total. The number of nitrogens with one attached hydrogen (secondary N) is 1. The van der Waals surface area contributed by atoms with Gasteiger partial charge in [0.1, 0.15) is 5.54 Å². The number of aromatic nitrogens is 2. The van der Waals surface area contributed by atoms with Crippen LogP contribution in [0.5, 0.6) is 0 Å². The molecule has 0 saturated carbocycles. The normalized spacial score (nSPS) is 17.0. The molecule has 0 spiro atoms. The SMILES string of the molecule is NC(Cc1cnc[nH]1)(C(=O)O)C(Br)CBr. The molecule has 2 atom stereocenters. The number of hydrogen-bond donors (Lipinski definition) is 3. The molecule has 1 aromatic heterocycles. The molecule has 1 aromatic rings. The number of aromatic amines is 1. The summed E-state index contributed by atoms with van der Waals surface area (Å²) >= 11 is 6.47. The molecular formula is C8H11Br2N3O2. The van der Waals surface area contributed by atoms with E-state index >= 15 is 0 Å². The smallest absolute Gasteiger partial charge is 0.325 e. The zero-order chi connectivity index (χ0) is 11.5. The van der Waals surface area contributed by atoms with Crippen LogP contribution in [0.1, 0.15) is 5.69 Å². The molecule has 0 amide bonds. The Balaban J connectivity index is 2.87. The summed E-state index contributed by atoms with van der Waals surface area (Å²) in [5.74, 6) is -1.04. The molecule has 1 heterocycles. The molecule has 0 aliphatic rings. The van der Waals surface area contributed by atoms with Crippen LogP contribution in [-0.2, 0) is 11.2 Å². The maximum atomic E-state index is 11.1. The van der Waals surface area contributed by atoms with Gasteiger partial charge in [-0.15, -0.1) is 0 Å². The first kappa shape index (κ1) is 12.7. The molecule has 84 valence electrons. The summed E-state index contributed by atoms with van der Waals surface area (Å²) in [5.41, 5.74) is 5.21. The molecule has 15 heavy (non-hydrogen) atoms. The highest BCUT2D eigenvalue weighted by molar-refractivity contribution is 9.12. The van der Waals surface area contributed by atoms with E-state index in [9.17, 15) is 4.79 Å². The van der Waals surface area contributed by atoms with E-state index in [1.165, 1.54) is 6.33 Å². The Morgan fingerprint density at radius 1 is 1.80 bits per heavy atom. The summed E-state index contributed by atoms with van der Waals surface area (Å²) in [6.45, 7) is 0. The monoisotopic (exact) mass is 339 g/mol. The van der Waals surface area contributed by atoms with Crippen molar-refractivity contribution in [1.29, 1.82) is 0 Å². The lowest BCUT2D eigenvalue weighted by Crippen LogP contribution is -2.57. The van der Waals surface area contributed by atoms with Gasteiger partial charge in [-0.05, 0) is 0 Å². The van der Waals surface area contributed by atoms with Crippen molar-refractivity contribution in [3.8, 4) is 0 Å². The average Bonchev–Trinajstić information content (AvgIpc) is 2.68. The Hall–Kier alpha value is -0.400. The van der Waals surface area contributed by atoms with Crippen molar-refractivity contribution in [2.45, 2.75) is 16.8 Å². The standard InChI is InChI=1S/C8H11Br2N3O2/c9-2-6(10)8(11,7(14)15)1-5-3-12-4-13-5/h3-4,6H,1-2,11H2,(H,12,13)(H,14,15). The Bertz CT molecular complexity index is 331. The highest BCUT2D eigenvalue weighted by Crippen LogP contribution is 2.22. The first-order chi connectivity index (χ1) is 7.00. The molecule has 1 rings (SSSR count). The molecule has 0 saturated heterocycles. The highest BCUT2D eigenvalue weighted by Gasteiger charge is 2.41. The Morgan fingerprint density at radius 2 is 2.47 bits per heavy atom. The van der Waals surface area contributed by atoms with Gasteiger partial charge in [-0.2, -0.15) is 0 Å². The maximum Gasteiger partial charge on any atom is 0.325 e. The summed E-state index contributed by atoms with van der Waals surface area (Å²) in [6.07, 6.45) is 3.26. The number of hydrogen-bond acceptors (Lipinski definition) is 3. The minimum atomic E-state index is -1.35. The number of aliphatic carboxylic acids is 1. The van der Waals surface area contributed by atoms with E-state index in [1.54, 1.807) is 6.20 Å². The number of rotatable bonds is 5. The molecule has 4 N–H and O–H groups in total. The van der Waals surface area contributed by atoms with E-state index in [1.807, 2.05) is 0 Å². The lowest BCUT2D eigenvalue weighted by Gasteiger charge is -2.28. The average molecular weight is 341 g/mol. The van der Waals surface area contributed by atoms with Gasteiger partial charge >= 0.3 is 5.97 Å². The summed E-state index contributed by atoms with van der Waals surface area (Å²) < 4.78 is 0. The second-order valence-electron chi connectivity index (χ2n) is 3.22. The predicted octanol–water partition coefficient (Wildman–Crippen LogP) is 0.893. The fourth-order valence-corrected chi connectivity index (χ4v) is 2.09. The maximum absolute atomic E-state index is 11.1. The van der Waals surface area contributed by atoms with Crippen molar-refractivity contribution in [3.05, 3.63) is 18.2 Å². The third kappa shape index (κ3) is 2.79. The molecule has 0 bridgehead atoms. The van der Waals surface area contributed by atoms with Crippen molar-refractivity contribution in [1.82, 2.24) is 9.97 Å². The van der Waals surface area contributed by atoms with Gasteiger partial charge in [0.25, 0.3) is 0 Å². The Morgan fingerprint density at radius 3 is 2.87 bits per heavy atom. The van der Waals surface area contributed by atoms with E-state index in [0.29, 0.717) is 11.0 Å². The van der Waals surface area contributed by atoms with E-state index in [4.69, 9.17) is 10.8 Å². The van der Waals surface area contributed by atoms with Gasteiger partial charge in [0.05, 0.1) is 11.2 Å². The van der Waals surface area contributed by atoms with E-state index in [2.05, 4.69) is 41.8 Å². The van der Waals surface area contributed by atoms with Gasteiger partial charge in [0.2, 0.25) is 0 Å². The minimum absolute atomic E-state index is 0.198. The highest BCUT2D eigenvalue weighted by atomic mass is 79.9. The Labute approximate surface area is 104 Å². The van der Waals surface area contributed by atoms with Crippen LogP contribution in [0.25, 0.3) is 0 Å². The molecule has 0 aromatic carbocycles. The van der Waals surface area contributed by atoms with Gasteiger partial charge in [-0.1, -0.05) is 31.9 Å². The number of carbonyl (C=O) groups is 1. The summed E-state index contributed by atoms with van der Waals surface area (Å²) in [6, 6.07) is 0. The number of nitrogens with zero attached hydrogens (tertiary/aromatic N) is 1. The summed E-state index contributed by atoms with van der Waals surface area (Å²) in [5, 5.41) is 9.58. The third-order valence-electron chi connectivity index (χ3n) is 2.13. The second-order valence-corrected chi connectivity index (χ2v) is 4.97. The lowest BCUT2D eigenvalue weighted by atomic mass is 9.92. The van der Waals surface area contributed by atoms with Crippen molar-refractivity contribution in [2.24, 2.45) is 5.73 Å². The molecule has 2 unspecified atom stereocenters. The van der Waals surface area contributed by atoms with Crippen molar-refractivity contribution in [3.63, 3.8) is 0 Å². The number of carboxylic acids is 1. The molecule has 7 heteroatoms. The van der Waals surface area contributed by atoms with Crippen LogP contribution in [0.2, 0.25) is 0 Å². The summed E-state index contributed by atoms with van der Waals surface area (Å²) in [4.78, 5) is 17.4. The topological polar surface area (TPSA) is 92.0 Å². The first-order valence-electron chi connectivity index (χ1n) is 4.20. The third-order valence-corrected chi connectivity index (χ3v) is 4.79. The van der Waals surface area contributed by atoms with Crippen LogP contribution in [0, 0.1) is 0 Å². The molecule has 0 aliphatic heterocycles.